The predicted octanol–water partition coefficient (Wildman–Crippen LogP) is 3.29. The molecule has 5 nitrogen and oxygen atoms in total. The van der Waals surface area contributed by atoms with Gasteiger partial charge in [0.1, 0.15) is 5.75 Å². The van der Waals surface area contributed by atoms with Gasteiger partial charge in [0.2, 0.25) is 0 Å². The molecule has 0 fully saturated rings. The third kappa shape index (κ3) is 2.08. The van der Waals surface area contributed by atoms with Crippen LogP contribution in [-0.2, 0) is 6.54 Å². The van der Waals surface area contributed by atoms with Crippen molar-refractivity contribution in [3.05, 3.63) is 48.2 Å². The standard InChI is InChI=1S/C16H14N4OS/c1-21-11-4-2-10(3-5-11)9-20-13-6-7-14-15(12(13)8-18-20)19-16(17)22-14/h2-8H,9H2,1H3,(H2,17,19). The zero-order valence-electron chi connectivity index (χ0n) is 12.0. The first-order valence-corrected chi connectivity index (χ1v) is 7.70. The van der Waals surface area contributed by atoms with E-state index in [1.54, 1.807) is 7.11 Å². The van der Waals surface area contributed by atoms with Gasteiger partial charge in [0.05, 0.1) is 35.6 Å². The van der Waals surface area contributed by atoms with Crippen molar-refractivity contribution in [1.29, 1.82) is 0 Å². The van der Waals surface area contributed by atoms with Crippen molar-refractivity contribution < 1.29 is 4.74 Å². The Hall–Kier alpha value is -2.60. The van der Waals surface area contributed by atoms with Crippen molar-refractivity contribution in [2.24, 2.45) is 0 Å². The molecule has 2 aromatic carbocycles. The minimum atomic E-state index is 0.588. The molecule has 0 aliphatic carbocycles. The summed E-state index contributed by atoms with van der Waals surface area (Å²) < 4.78 is 8.25. The summed E-state index contributed by atoms with van der Waals surface area (Å²) >= 11 is 1.50. The second-order valence-electron chi connectivity index (χ2n) is 5.05. The number of aromatic nitrogens is 3. The molecule has 0 spiro atoms. The first-order chi connectivity index (χ1) is 10.7. The van der Waals surface area contributed by atoms with Crippen LogP contribution in [0.2, 0.25) is 0 Å². The summed E-state index contributed by atoms with van der Waals surface area (Å²) in [6.07, 6.45) is 1.86. The summed E-state index contributed by atoms with van der Waals surface area (Å²) in [5, 5.41) is 6.13. The van der Waals surface area contributed by atoms with Gasteiger partial charge in [-0.3, -0.25) is 4.68 Å². The van der Waals surface area contributed by atoms with Gasteiger partial charge in [-0.25, -0.2) is 4.98 Å². The zero-order chi connectivity index (χ0) is 15.1. The van der Waals surface area contributed by atoms with Gasteiger partial charge in [-0.15, -0.1) is 0 Å². The zero-order valence-corrected chi connectivity index (χ0v) is 12.8. The number of rotatable bonds is 3. The smallest absolute Gasteiger partial charge is 0.181 e. The van der Waals surface area contributed by atoms with Crippen molar-refractivity contribution in [1.82, 2.24) is 14.8 Å². The number of hydrogen-bond donors (Lipinski definition) is 1. The van der Waals surface area contributed by atoms with E-state index in [4.69, 9.17) is 10.5 Å². The summed E-state index contributed by atoms with van der Waals surface area (Å²) in [5.41, 5.74) is 8.97. The normalized spacial score (nSPS) is 11.3. The van der Waals surface area contributed by atoms with Gasteiger partial charge in [0, 0.05) is 5.39 Å². The average Bonchev–Trinajstić information content (AvgIpc) is 3.10. The molecule has 0 radical (unpaired) electrons. The highest BCUT2D eigenvalue weighted by Crippen LogP contribution is 2.30. The van der Waals surface area contributed by atoms with E-state index in [1.807, 2.05) is 35.1 Å². The first kappa shape index (κ1) is 13.1. The van der Waals surface area contributed by atoms with E-state index in [0.717, 1.165) is 26.9 Å². The second kappa shape index (κ2) is 4.99. The molecule has 0 saturated heterocycles. The molecule has 6 heteroatoms. The van der Waals surface area contributed by atoms with Crippen LogP contribution in [0.15, 0.2) is 42.6 Å². The van der Waals surface area contributed by atoms with Crippen molar-refractivity contribution in [3.63, 3.8) is 0 Å². The van der Waals surface area contributed by atoms with Crippen molar-refractivity contribution >= 4 is 37.6 Å². The third-order valence-corrected chi connectivity index (χ3v) is 4.54. The Morgan fingerprint density at radius 1 is 1.18 bits per heavy atom. The molecule has 0 atom stereocenters. The SMILES string of the molecule is COc1ccc(Cn2ncc3c4nc(N)sc4ccc32)cc1. The van der Waals surface area contributed by atoms with Crippen LogP contribution < -0.4 is 10.5 Å². The largest absolute Gasteiger partial charge is 0.497 e. The lowest BCUT2D eigenvalue weighted by atomic mass is 10.2. The van der Waals surface area contributed by atoms with Crippen LogP contribution in [0.1, 0.15) is 5.56 Å². The highest BCUT2D eigenvalue weighted by molar-refractivity contribution is 7.22. The van der Waals surface area contributed by atoms with E-state index >= 15 is 0 Å². The Balaban J connectivity index is 1.76. The molecular weight excluding hydrogens is 296 g/mol. The fraction of sp³-hybridized carbons (Fsp3) is 0.125. The second-order valence-corrected chi connectivity index (χ2v) is 6.11. The minimum Gasteiger partial charge on any atom is -0.497 e. The Morgan fingerprint density at radius 2 is 2.00 bits per heavy atom. The fourth-order valence-corrected chi connectivity index (χ4v) is 3.34. The summed E-state index contributed by atoms with van der Waals surface area (Å²) in [5.74, 6) is 0.855. The molecule has 0 bridgehead atoms. The third-order valence-electron chi connectivity index (χ3n) is 3.69. The Bertz CT molecular complexity index is 956. The molecule has 2 aromatic heterocycles. The summed E-state index contributed by atoms with van der Waals surface area (Å²) in [6.45, 7) is 0.707. The minimum absolute atomic E-state index is 0.588. The number of ether oxygens (including phenoxy) is 1. The highest BCUT2D eigenvalue weighted by Gasteiger charge is 2.10. The molecule has 0 saturated carbocycles. The van der Waals surface area contributed by atoms with Crippen molar-refractivity contribution in [2.45, 2.75) is 6.54 Å². The Labute approximate surface area is 131 Å². The molecule has 4 rings (SSSR count). The van der Waals surface area contributed by atoms with Crippen molar-refractivity contribution in [2.75, 3.05) is 12.8 Å². The van der Waals surface area contributed by atoms with E-state index in [9.17, 15) is 0 Å². The van der Waals surface area contributed by atoms with Crippen LogP contribution >= 0.6 is 11.3 Å². The van der Waals surface area contributed by atoms with E-state index in [0.29, 0.717) is 11.7 Å². The monoisotopic (exact) mass is 310 g/mol. The number of nitrogens with zero attached hydrogens (tertiary/aromatic N) is 3. The molecule has 2 heterocycles. The van der Waals surface area contributed by atoms with Gasteiger partial charge >= 0.3 is 0 Å². The van der Waals surface area contributed by atoms with E-state index in [-0.39, 0.29) is 0 Å². The number of nitrogens with two attached hydrogens (primary N) is 1. The molecule has 0 aliphatic rings. The number of fused-ring (bicyclic) bond motifs is 3. The topological polar surface area (TPSA) is 66.0 Å². The molecule has 0 amide bonds. The van der Waals surface area contributed by atoms with Gasteiger partial charge < -0.3 is 10.5 Å². The van der Waals surface area contributed by atoms with E-state index in [2.05, 4.69) is 22.2 Å². The summed E-state index contributed by atoms with van der Waals surface area (Å²) in [4.78, 5) is 4.41. The maximum Gasteiger partial charge on any atom is 0.181 e. The van der Waals surface area contributed by atoms with E-state index in [1.165, 1.54) is 16.9 Å². The number of benzene rings is 2. The fourth-order valence-electron chi connectivity index (χ4n) is 2.59. The lowest BCUT2D eigenvalue weighted by Gasteiger charge is -2.05. The number of methoxy groups -OCH3 is 1. The number of thiazole rings is 1. The maximum absolute atomic E-state index is 5.81. The van der Waals surface area contributed by atoms with Crippen molar-refractivity contribution in [3.8, 4) is 5.75 Å². The maximum atomic E-state index is 5.81. The number of hydrogen-bond acceptors (Lipinski definition) is 5. The summed E-state index contributed by atoms with van der Waals surface area (Å²) in [7, 11) is 1.67. The van der Waals surface area contributed by atoms with Crippen LogP contribution in [0.25, 0.3) is 21.1 Å². The van der Waals surface area contributed by atoms with Gasteiger partial charge in [-0.05, 0) is 29.8 Å². The van der Waals surface area contributed by atoms with Gasteiger partial charge in [0.15, 0.2) is 5.13 Å². The van der Waals surface area contributed by atoms with Crippen LogP contribution in [0, 0.1) is 0 Å². The number of nitrogen functional groups attached to an aromatic ring is 1. The van der Waals surface area contributed by atoms with Gasteiger partial charge in [-0.1, -0.05) is 23.5 Å². The van der Waals surface area contributed by atoms with Crippen LogP contribution in [-0.4, -0.2) is 21.9 Å². The molecule has 0 aliphatic heterocycles. The summed E-state index contributed by atoms with van der Waals surface area (Å²) in [6, 6.07) is 12.1. The van der Waals surface area contributed by atoms with Gasteiger partial charge in [-0.2, -0.15) is 5.10 Å². The highest BCUT2D eigenvalue weighted by atomic mass is 32.1. The lowest BCUT2D eigenvalue weighted by molar-refractivity contribution is 0.414. The average molecular weight is 310 g/mol. The Kier molecular flexibility index (Phi) is 2.97. The lowest BCUT2D eigenvalue weighted by Crippen LogP contribution is -2.01. The molecule has 4 aromatic rings. The van der Waals surface area contributed by atoms with Crippen LogP contribution in [0.3, 0.4) is 0 Å². The molecule has 22 heavy (non-hydrogen) atoms. The van der Waals surface area contributed by atoms with Crippen LogP contribution in [0.5, 0.6) is 5.75 Å². The van der Waals surface area contributed by atoms with Gasteiger partial charge in [0.25, 0.3) is 0 Å². The molecule has 2 N–H and O–H groups in total. The van der Waals surface area contributed by atoms with Crippen LogP contribution in [0.4, 0.5) is 5.13 Å². The molecular formula is C16H14N4OS. The number of anilines is 1. The predicted molar refractivity (Wildman–Crippen MR) is 89.4 cm³/mol. The first-order valence-electron chi connectivity index (χ1n) is 6.88. The van der Waals surface area contributed by atoms with E-state index < -0.39 is 0 Å². The Morgan fingerprint density at radius 3 is 2.77 bits per heavy atom. The quantitative estimate of drug-likeness (QED) is 0.630. The molecule has 0 unspecified atom stereocenters. The molecule has 110 valence electrons.